The van der Waals surface area contributed by atoms with Gasteiger partial charge in [0.1, 0.15) is 30.0 Å². The molecule has 2 aromatic carbocycles. The Hall–Kier alpha value is -2.60. The van der Waals surface area contributed by atoms with Crippen molar-refractivity contribution in [3.63, 3.8) is 0 Å². The highest BCUT2D eigenvalue weighted by molar-refractivity contribution is 5.67. The van der Waals surface area contributed by atoms with Crippen molar-refractivity contribution in [3.05, 3.63) is 57.9 Å². The summed E-state index contributed by atoms with van der Waals surface area (Å²) in [5, 5.41) is 18.1. The van der Waals surface area contributed by atoms with Crippen LogP contribution in [0.25, 0.3) is 0 Å². The molecule has 0 spiro atoms. The molecule has 1 aliphatic heterocycles. The maximum absolute atomic E-state index is 13.9. The Balaban J connectivity index is 1.76. The van der Waals surface area contributed by atoms with Crippen molar-refractivity contribution in [2.75, 3.05) is 6.61 Å². The zero-order valence-electron chi connectivity index (χ0n) is 15.4. The van der Waals surface area contributed by atoms with E-state index in [2.05, 4.69) is 0 Å². The molecule has 1 unspecified atom stereocenters. The monoisotopic (exact) mass is 374 g/mol. The standard InChI is InChI=1S/C21H23FO5/c1-12-13(2)19(5-3-14(12)4-6-20(24)25)26-11-16-8-17(22)7-15-9-18(10-23)27-21(15)16/h3,5,7-8,18,23H,4,6,9-11H2,1-2H3,(H,24,25). The van der Waals surface area contributed by atoms with Crippen LogP contribution < -0.4 is 9.47 Å². The zero-order chi connectivity index (χ0) is 19.6. The number of rotatable bonds is 7. The molecule has 6 heteroatoms. The molecule has 0 fully saturated rings. The normalized spacial score (nSPS) is 15.3. The maximum Gasteiger partial charge on any atom is 0.303 e. The van der Waals surface area contributed by atoms with Crippen molar-refractivity contribution >= 4 is 5.97 Å². The number of aliphatic hydroxyl groups excluding tert-OH is 1. The van der Waals surface area contributed by atoms with Crippen LogP contribution in [-0.4, -0.2) is 28.9 Å². The van der Waals surface area contributed by atoms with E-state index in [9.17, 15) is 14.3 Å². The lowest BCUT2D eigenvalue weighted by Gasteiger charge is -2.16. The highest BCUT2D eigenvalue weighted by Gasteiger charge is 2.26. The number of fused-ring (bicyclic) bond motifs is 1. The number of carbonyl (C=O) groups is 1. The van der Waals surface area contributed by atoms with E-state index in [0.717, 1.165) is 22.3 Å². The lowest BCUT2D eigenvalue weighted by Crippen LogP contribution is -2.17. The topological polar surface area (TPSA) is 76.0 Å². The molecule has 1 aliphatic rings. The van der Waals surface area contributed by atoms with E-state index in [-0.39, 0.29) is 31.6 Å². The van der Waals surface area contributed by atoms with Gasteiger partial charge >= 0.3 is 5.97 Å². The molecule has 0 aliphatic carbocycles. The third-order valence-electron chi connectivity index (χ3n) is 4.98. The third-order valence-corrected chi connectivity index (χ3v) is 4.98. The van der Waals surface area contributed by atoms with Gasteiger partial charge in [0.25, 0.3) is 0 Å². The molecule has 2 N–H and O–H groups in total. The summed E-state index contributed by atoms with van der Waals surface area (Å²) in [4.78, 5) is 10.8. The summed E-state index contributed by atoms with van der Waals surface area (Å²) in [6.45, 7) is 3.89. The van der Waals surface area contributed by atoms with Gasteiger partial charge in [0.2, 0.25) is 0 Å². The average molecular weight is 374 g/mol. The van der Waals surface area contributed by atoms with E-state index in [1.807, 2.05) is 26.0 Å². The van der Waals surface area contributed by atoms with Crippen molar-refractivity contribution in [3.8, 4) is 11.5 Å². The number of benzene rings is 2. The molecule has 2 aromatic rings. The van der Waals surface area contributed by atoms with Crippen molar-refractivity contribution in [2.45, 2.75) is 45.8 Å². The average Bonchev–Trinajstić information content (AvgIpc) is 3.04. The van der Waals surface area contributed by atoms with Gasteiger partial charge in [0, 0.05) is 24.0 Å². The predicted octanol–water partition coefficient (Wildman–Crippen LogP) is 3.33. The van der Waals surface area contributed by atoms with Gasteiger partial charge < -0.3 is 19.7 Å². The van der Waals surface area contributed by atoms with Gasteiger partial charge in [0.15, 0.2) is 0 Å². The van der Waals surface area contributed by atoms with Crippen LogP contribution in [0.4, 0.5) is 4.39 Å². The lowest BCUT2D eigenvalue weighted by atomic mass is 9.99. The summed E-state index contributed by atoms with van der Waals surface area (Å²) in [5.74, 6) is 0.0733. The molecule has 0 bridgehead atoms. The molecule has 1 atom stereocenters. The first-order valence-electron chi connectivity index (χ1n) is 8.91. The fraction of sp³-hybridized carbons (Fsp3) is 0.381. The summed E-state index contributed by atoms with van der Waals surface area (Å²) >= 11 is 0. The fourth-order valence-corrected chi connectivity index (χ4v) is 3.35. The number of aryl methyl sites for hydroxylation is 1. The van der Waals surface area contributed by atoms with Crippen LogP contribution in [0.15, 0.2) is 24.3 Å². The van der Waals surface area contributed by atoms with Crippen LogP contribution in [0.3, 0.4) is 0 Å². The second-order valence-electron chi connectivity index (χ2n) is 6.83. The first kappa shape index (κ1) is 19.2. The van der Waals surface area contributed by atoms with Crippen LogP contribution in [0, 0.1) is 19.7 Å². The van der Waals surface area contributed by atoms with E-state index in [4.69, 9.17) is 14.6 Å². The van der Waals surface area contributed by atoms with Gasteiger partial charge in [-0.1, -0.05) is 6.07 Å². The third kappa shape index (κ3) is 4.22. The number of ether oxygens (including phenoxy) is 2. The Labute approximate surface area is 157 Å². The number of aliphatic carboxylic acids is 1. The van der Waals surface area contributed by atoms with Crippen LogP contribution in [0.1, 0.15) is 34.2 Å². The molecule has 144 valence electrons. The second-order valence-corrected chi connectivity index (χ2v) is 6.83. The molecule has 0 radical (unpaired) electrons. The van der Waals surface area contributed by atoms with Gasteiger partial charge in [0.05, 0.1) is 6.61 Å². The van der Waals surface area contributed by atoms with Crippen LogP contribution in [0.2, 0.25) is 0 Å². The highest BCUT2D eigenvalue weighted by atomic mass is 19.1. The Morgan fingerprint density at radius 2 is 2.04 bits per heavy atom. The summed E-state index contributed by atoms with van der Waals surface area (Å²) in [6.07, 6.45) is 0.681. The first-order valence-corrected chi connectivity index (χ1v) is 8.91. The van der Waals surface area contributed by atoms with Gasteiger partial charge in [-0.25, -0.2) is 4.39 Å². The fourth-order valence-electron chi connectivity index (χ4n) is 3.35. The molecule has 0 aromatic heterocycles. The molecule has 0 saturated carbocycles. The summed E-state index contributed by atoms with van der Waals surface area (Å²) in [5.41, 5.74) is 4.25. The smallest absolute Gasteiger partial charge is 0.303 e. The second kappa shape index (κ2) is 7.96. The Kier molecular flexibility index (Phi) is 5.65. The first-order chi connectivity index (χ1) is 12.9. The molecule has 3 rings (SSSR count). The molecule has 27 heavy (non-hydrogen) atoms. The summed E-state index contributed by atoms with van der Waals surface area (Å²) < 4.78 is 25.5. The minimum Gasteiger partial charge on any atom is -0.488 e. The number of aliphatic hydroxyl groups is 1. The molecular weight excluding hydrogens is 351 g/mol. The quantitative estimate of drug-likeness (QED) is 0.777. The number of hydrogen-bond donors (Lipinski definition) is 2. The predicted molar refractivity (Wildman–Crippen MR) is 97.8 cm³/mol. The number of carboxylic acids is 1. The van der Waals surface area contributed by atoms with Gasteiger partial charge in [-0.05, 0) is 55.2 Å². The summed E-state index contributed by atoms with van der Waals surface area (Å²) in [6, 6.07) is 6.51. The SMILES string of the molecule is Cc1c(CCC(=O)O)ccc(OCc2cc(F)cc3c2OC(CO)C3)c1C. The zero-order valence-corrected chi connectivity index (χ0v) is 15.4. The molecule has 1 heterocycles. The summed E-state index contributed by atoms with van der Waals surface area (Å²) in [7, 11) is 0. The highest BCUT2D eigenvalue weighted by Crippen LogP contribution is 2.35. The molecule has 5 nitrogen and oxygen atoms in total. The minimum absolute atomic E-state index is 0.0826. The van der Waals surface area contributed by atoms with Crippen LogP contribution in [-0.2, 0) is 24.2 Å². The Bertz CT molecular complexity index is 862. The molecule has 0 saturated heterocycles. The van der Waals surface area contributed by atoms with Crippen LogP contribution >= 0.6 is 0 Å². The van der Waals surface area contributed by atoms with Crippen molar-refractivity contribution in [2.24, 2.45) is 0 Å². The number of halogens is 1. The lowest BCUT2D eigenvalue weighted by molar-refractivity contribution is -0.136. The van der Waals surface area contributed by atoms with Gasteiger partial charge in [-0.15, -0.1) is 0 Å². The van der Waals surface area contributed by atoms with E-state index in [1.54, 1.807) is 0 Å². The van der Waals surface area contributed by atoms with Gasteiger partial charge in [-0.3, -0.25) is 4.79 Å². The van der Waals surface area contributed by atoms with Gasteiger partial charge in [-0.2, -0.15) is 0 Å². The largest absolute Gasteiger partial charge is 0.488 e. The number of hydrogen-bond acceptors (Lipinski definition) is 4. The Morgan fingerprint density at radius 3 is 2.74 bits per heavy atom. The van der Waals surface area contributed by atoms with E-state index < -0.39 is 5.97 Å². The molecular formula is C21H23FO5. The van der Waals surface area contributed by atoms with Crippen molar-refractivity contribution in [1.82, 2.24) is 0 Å². The minimum atomic E-state index is -0.825. The maximum atomic E-state index is 13.9. The Morgan fingerprint density at radius 1 is 1.26 bits per heavy atom. The van der Waals surface area contributed by atoms with E-state index in [1.165, 1.54) is 12.1 Å². The molecule has 0 amide bonds. The van der Waals surface area contributed by atoms with Crippen LogP contribution in [0.5, 0.6) is 11.5 Å². The van der Waals surface area contributed by atoms with E-state index >= 15 is 0 Å². The number of carboxylic acid groups (broad SMARTS) is 1. The van der Waals surface area contributed by atoms with Crippen molar-refractivity contribution < 1.29 is 28.9 Å². The van der Waals surface area contributed by atoms with Crippen molar-refractivity contribution in [1.29, 1.82) is 0 Å². The van der Waals surface area contributed by atoms with E-state index in [0.29, 0.717) is 29.9 Å².